The normalized spacial score (nSPS) is 10.7. The molecular formula is C21H13F2N3O. The third kappa shape index (κ3) is 3.13. The van der Waals surface area contributed by atoms with E-state index in [2.05, 4.69) is 15.0 Å². The molecule has 0 aliphatic heterocycles. The van der Waals surface area contributed by atoms with Crippen LogP contribution in [0.2, 0.25) is 0 Å². The summed E-state index contributed by atoms with van der Waals surface area (Å²) in [5.74, 6) is -1.24. The van der Waals surface area contributed by atoms with Crippen LogP contribution in [0.1, 0.15) is 0 Å². The fourth-order valence-electron chi connectivity index (χ4n) is 3.03. The second-order valence-corrected chi connectivity index (χ2v) is 5.85. The highest BCUT2D eigenvalue weighted by Gasteiger charge is 2.21. The molecule has 0 saturated heterocycles. The molecule has 0 bridgehead atoms. The van der Waals surface area contributed by atoms with E-state index in [1.807, 2.05) is 0 Å². The van der Waals surface area contributed by atoms with Crippen LogP contribution in [0.15, 0.2) is 78.0 Å². The monoisotopic (exact) mass is 361 g/mol. The SMILES string of the molecule is O=c1[nH]cc(-c2ccccn2)c(-c2cccc(F)c2)c1-c1cccnc1F. The van der Waals surface area contributed by atoms with Gasteiger partial charge in [-0.25, -0.2) is 9.37 Å². The minimum atomic E-state index is -0.779. The van der Waals surface area contributed by atoms with Gasteiger partial charge in [0.05, 0.1) is 11.3 Å². The largest absolute Gasteiger partial charge is 0.328 e. The summed E-state index contributed by atoms with van der Waals surface area (Å²) in [6.45, 7) is 0. The zero-order valence-electron chi connectivity index (χ0n) is 14.0. The molecule has 0 atom stereocenters. The number of H-pyrrole nitrogens is 1. The molecule has 0 aliphatic carbocycles. The molecule has 3 aromatic heterocycles. The van der Waals surface area contributed by atoms with Crippen molar-refractivity contribution in [2.24, 2.45) is 0 Å². The Kier molecular flexibility index (Phi) is 4.30. The summed E-state index contributed by atoms with van der Waals surface area (Å²) in [7, 11) is 0. The molecule has 6 heteroatoms. The van der Waals surface area contributed by atoms with E-state index in [4.69, 9.17) is 0 Å². The molecule has 0 fully saturated rings. The van der Waals surface area contributed by atoms with E-state index in [0.29, 0.717) is 22.4 Å². The van der Waals surface area contributed by atoms with E-state index in [1.165, 1.54) is 36.7 Å². The molecule has 4 nitrogen and oxygen atoms in total. The van der Waals surface area contributed by atoms with E-state index >= 15 is 0 Å². The van der Waals surface area contributed by atoms with E-state index in [0.717, 1.165) is 0 Å². The van der Waals surface area contributed by atoms with Crippen molar-refractivity contribution in [1.29, 1.82) is 0 Å². The van der Waals surface area contributed by atoms with Gasteiger partial charge in [-0.15, -0.1) is 0 Å². The van der Waals surface area contributed by atoms with Gasteiger partial charge in [-0.2, -0.15) is 4.39 Å². The van der Waals surface area contributed by atoms with Crippen LogP contribution in [0.3, 0.4) is 0 Å². The van der Waals surface area contributed by atoms with Crippen molar-refractivity contribution >= 4 is 0 Å². The Balaban J connectivity index is 2.13. The second kappa shape index (κ2) is 6.92. The van der Waals surface area contributed by atoms with Crippen molar-refractivity contribution < 1.29 is 8.78 Å². The first-order chi connectivity index (χ1) is 13.1. The van der Waals surface area contributed by atoms with Crippen molar-refractivity contribution in [3.8, 4) is 33.5 Å². The summed E-state index contributed by atoms with van der Waals surface area (Å²) in [5.41, 5.74) is 1.58. The maximum atomic E-state index is 14.4. The van der Waals surface area contributed by atoms with Gasteiger partial charge in [0.2, 0.25) is 5.95 Å². The van der Waals surface area contributed by atoms with Crippen LogP contribution < -0.4 is 5.56 Å². The molecule has 4 rings (SSSR count). The van der Waals surface area contributed by atoms with E-state index in [1.54, 1.807) is 36.5 Å². The first kappa shape index (κ1) is 16.8. The minimum absolute atomic E-state index is 0.0378. The lowest BCUT2D eigenvalue weighted by Crippen LogP contribution is -2.12. The van der Waals surface area contributed by atoms with Crippen LogP contribution in [0.25, 0.3) is 33.5 Å². The predicted molar refractivity (Wildman–Crippen MR) is 98.9 cm³/mol. The number of nitrogens with one attached hydrogen (secondary N) is 1. The van der Waals surface area contributed by atoms with Crippen LogP contribution >= 0.6 is 0 Å². The lowest BCUT2D eigenvalue weighted by molar-refractivity contribution is 0.587. The molecule has 132 valence electrons. The maximum Gasteiger partial charge on any atom is 0.256 e. The van der Waals surface area contributed by atoms with Gasteiger partial charge in [-0.1, -0.05) is 18.2 Å². The summed E-state index contributed by atoms with van der Waals surface area (Å²) < 4.78 is 28.3. The number of aromatic amines is 1. The highest BCUT2D eigenvalue weighted by molar-refractivity contribution is 5.92. The third-order valence-corrected chi connectivity index (χ3v) is 4.18. The predicted octanol–water partition coefficient (Wildman–Crippen LogP) is 4.44. The van der Waals surface area contributed by atoms with Gasteiger partial charge in [0.15, 0.2) is 0 Å². The maximum absolute atomic E-state index is 14.4. The lowest BCUT2D eigenvalue weighted by atomic mass is 9.91. The van der Waals surface area contributed by atoms with Gasteiger partial charge in [-0.3, -0.25) is 9.78 Å². The van der Waals surface area contributed by atoms with E-state index in [9.17, 15) is 13.6 Å². The van der Waals surface area contributed by atoms with Crippen molar-refractivity contribution in [1.82, 2.24) is 15.0 Å². The summed E-state index contributed by atoms with van der Waals surface area (Å²) in [4.78, 5) is 23.3. The molecule has 4 aromatic rings. The fraction of sp³-hybridized carbons (Fsp3) is 0. The Morgan fingerprint density at radius 2 is 1.67 bits per heavy atom. The van der Waals surface area contributed by atoms with Crippen molar-refractivity contribution in [3.63, 3.8) is 0 Å². The second-order valence-electron chi connectivity index (χ2n) is 5.85. The quantitative estimate of drug-likeness (QED) is 0.549. The smallest absolute Gasteiger partial charge is 0.256 e. The molecule has 0 aliphatic rings. The molecule has 1 aromatic carbocycles. The van der Waals surface area contributed by atoms with Crippen LogP contribution in [-0.2, 0) is 0 Å². The van der Waals surface area contributed by atoms with Gasteiger partial charge in [0.1, 0.15) is 5.82 Å². The van der Waals surface area contributed by atoms with Gasteiger partial charge in [-0.05, 0) is 42.0 Å². The Morgan fingerprint density at radius 1 is 0.815 bits per heavy atom. The van der Waals surface area contributed by atoms with Gasteiger partial charge >= 0.3 is 0 Å². The highest BCUT2D eigenvalue weighted by atomic mass is 19.1. The molecule has 0 unspecified atom stereocenters. The highest BCUT2D eigenvalue weighted by Crippen LogP contribution is 2.37. The number of halogens is 2. The Morgan fingerprint density at radius 3 is 2.41 bits per heavy atom. The minimum Gasteiger partial charge on any atom is -0.328 e. The molecule has 0 amide bonds. The number of hydrogen-bond donors (Lipinski definition) is 1. The zero-order chi connectivity index (χ0) is 18.8. The molecule has 3 heterocycles. The van der Waals surface area contributed by atoms with Crippen LogP contribution in [0, 0.1) is 11.8 Å². The molecule has 27 heavy (non-hydrogen) atoms. The first-order valence-electron chi connectivity index (χ1n) is 8.19. The van der Waals surface area contributed by atoms with Crippen LogP contribution in [-0.4, -0.2) is 15.0 Å². The molecule has 1 N–H and O–H groups in total. The van der Waals surface area contributed by atoms with Crippen molar-refractivity contribution in [2.45, 2.75) is 0 Å². The molecule has 0 radical (unpaired) electrons. The fourth-order valence-corrected chi connectivity index (χ4v) is 3.03. The Labute approximate surface area is 153 Å². The summed E-state index contributed by atoms with van der Waals surface area (Å²) in [6, 6.07) is 14.2. The van der Waals surface area contributed by atoms with E-state index in [-0.39, 0.29) is 11.1 Å². The van der Waals surface area contributed by atoms with Crippen LogP contribution in [0.5, 0.6) is 0 Å². The third-order valence-electron chi connectivity index (χ3n) is 4.18. The Bertz CT molecular complexity index is 1170. The topological polar surface area (TPSA) is 58.6 Å². The number of pyridine rings is 3. The standard InChI is InChI=1S/C21H13F2N3O/c22-14-6-3-5-13(11-14)18-16(17-8-1-2-9-24-17)12-26-21(27)19(18)15-7-4-10-25-20(15)23/h1-12H,(H,26,27). The van der Waals surface area contributed by atoms with Gasteiger partial charge in [0, 0.05) is 35.3 Å². The number of rotatable bonds is 3. The summed E-state index contributed by atoms with van der Waals surface area (Å²) in [6.07, 6.45) is 4.42. The van der Waals surface area contributed by atoms with Crippen LogP contribution in [0.4, 0.5) is 8.78 Å². The summed E-state index contributed by atoms with van der Waals surface area (Å²) >= 11 is 0. The number of aromatic nitrogens is 3. The van der Waals surface area contributed by atoms with Crippen molar-refractivity contribution in [2.75, 3.05) is 0 Å². The summed E-state index contributed by atoms with van der Waals surface area (Å²) in [5, 5.41) is 0. The molecular weight excluding hydrogens is 348 g/mol. The average molecular weight is 361 g/mol. The van der Waals surface area contributed by atoms with Crippen molar-refractivity contribution in [3.05, 3.63) is 95.3 Å². The average Bonchev–Trinajstić information content (AvgIpc) is 2.69. The Hall–Kier alpha value is -3.67. The first-order valence-corrected chi connectivity index (χ1v) is 8.19. The number of nitrogens with zero attached hydrogens (tertiary/aromatic N) is 2. The van der Waals surface area contributed by atoms with Gasteiger partial charge < -0.3 is 4.98 Å². The number of benzene rings is 1. The van der Waals surface area contributed by atoms with E-state index < -0.39 is 17.3 Å². The van der Waals surface area contributed by atoms with Gasteiger partial charge in [0.25, 0.3) is 5.56 Å². The molecule has 0 saturated carbocycles. The number of hydrogen-bond acceptors (Lipinski definition) is 3. The molecule has 0 spiro atoms. The zero-order valence-corrected chi connectivity index (χ0v) is 14.0. The lowest BCUT2D eigenvalue weighted by Gasteiger charge is -2.15.